The first-order valence-electron chi connectivity index (χ1n) is 8.80. The number of benzene rings is 2. The van der Waals surface area contributed by atoms with E-state index in [0.29, 0.717) is 34.2 Å². The first-order chi connectivity index (χ1) is 13.6. The van der Waals surface area contributed by atoms with Gasteiger partial charge in [-0.25, -0.2) is 9.37 Å². The molecule has 28 heavy (non-hydrogen) atoms. The molecule has 1 amide bonds. The Labute approximate surface area is 166 Å². The van der Waals surface area contributed by atoms with E-state index in [1.54, 1.807) is 42.5 Å². The minimum absolute atomic E-state index is 0.0487. The summed E-state index contributed by atoms with van der Waals surface area (Å²) in [6, 6.07) is 13.0. The second kappa shape index (κ2) is 9.27. The lowest BCUT2D eigenvalue weighted by atomic mass is 10.1. The second-order valence-electron chi connectivity index (χ2n) is 6.03. The third kappa shape index (κ3) is 5.04. The average Bonchev–Trinajstić information content (AvgIpc) is 3.16. The van der Waals surface area contributed by atoms with Gasteiger partial charge in [-0.2, -0.15) is 0 Å². The van der Waals surface area contributed by atoms with Gasteiger partial charge < -0.3 is 5.32 Å². The Balaban J connectivity index is 1.57. The van der Waals surface area contributed by atoms with Crippen molar-refractivity contribution in [3.05, 3.63) is 59.9 Å². The van der Waals surface area contributed by atoms with Crippen LogP contribution in [0.4, 0.5) is 10.1 Å². The van der Waals surface area contributed by atoms with Crippen molar-refractivity contribution in [1.82, 2.24) is 15.2 Å². The zero-order valence-electron chi connectivity index (χ0n) is 15.2. The number of rotatable bonds is 8. The highest BCUT2D eigenvalue weighted by Gasteiger charge is 2.13. The van der Waals surface area contributed by atoms with Crippen molar-refractivity contribution in [1.29, 1.82) is 0 Å². The molecule has 1 heterocycles. The zero-order chi connectivity index (χ0) is 19.9. The molecule has 2 N–H and O–H groups in total. The van der Waals surface area contributed by atoms with Gasteiger partial charge >= 0.3 is 0 Å². The van der Waals surface area contributed by atoms with Gasteiger partial charge in [-0.05, 0) is 42.8 Å². The van der Waals surface area contributed by atoms with Crippen molar-refractivity contribution in [3.8, 4) is 11.4 Å². The number of aromatic nitrogens is 3. The number of carbonyl (C=O) groups excluding carboxylic acids is 2. The van der Waals surface area contributed by atoms with Crippen LogP contribution in [-0.4, -0.2) is 32.6 Å². The highest BCUT2D eigenvalue weighted by molar-refractivity contribution is 7.99. The quantitative estimate of drug-likeness (QED) is 0.436. The number of hydrogen-bond acceptors (Lipinski definition) is 5. The number of carbonyl (C=O) groups is 2. The maximum atomic E-state index is 13.8. The first kappa shape index (κ1) is 19.8. The largest absolute Gasteiger partial charge is 0.326 e. The van der Waals surface area contributed by atoms with Gasteiger partial charge in [0.15, 0.2) is 11.6 Å². The molecule has 3 aromatic rings. The van der Waals surface area contributed by atoms with E-state index in [1.807, 2.05) is 6.92 Å². The normalized spacial score (nSPS) is 10.6. The van der Waals surface area contributed by atoms with Gasteiger partial charge in [0.2, 0.25) is 11.1 Å². The molecule has 8 heteroatoms. The Hall–Kier alpha value is -3.00. The fourth-order valence-electron chi connectivity index (χ4n) is 2.49. The number of anilines is 1. The van der Waals surface area contributed by atoms with E-state index < -0.39 is 5.82 Å². The lowest BCUT2D eigenvalue weighted by Crippen LogP contribution is -2.10. The number of H-pyrrole nitrogens is 1. The van der Waals surface area contributed by atoms with Crippen molar-refractivity contribution in [2.45, 2.75) is 24.9 Å². The zero-order valence-corrected chi connectivity index (χ0v) is 16.1. The van der Waals surface area contributed by atoms with Crippen molar-refractivity contribution in [3.63, 3.8) is 0 Å². The van der Waals surface area contributed by atoms with Crippen LogP contribution in [0, 0.1) is 5.82 Å². The fraction of sp³-hybridized carbons (Fsp3) is 0.200. The van der Waals surface area contributed by atoms with Crippen molar-refractivity contribution >= 4 is 29.1 Å². The van der Waals surface area contributed by atoms with E-state index in [0.717, 1.165) is 6.42 Å². The van der Waals surface area contributed by atoms with Crippen LogP contribution in [0.1, 0.15) is 30.1 Å². The number of Topliss-reactive ketones (excluding diaryl/α,β-unsaturated/α-hetero) is 1. The molecule has 0 aliphatic rings. The van der Waals surface area contributed by atoms with E-state index in [1.165, 1.54) is 17.8 Å². The number of nitrogens with zero attached hydrogens (tertiary/aromatic N) is 2. The first-order valence-corrected chi connectivity index (χ1v) is 9.78. The molecule has 1 aromatic heterocycles. The number of ketones is 1. The molecular formula is C20H19FN4O2S. The molecule has 0 saturated heterocycles. The fourth-order valence-corrected chi connectivity index (χ4v) is 3.18. The van der Waals surface area contributed by atoms with Crippen LogP contribution in [0.2, 0.25) is 0 Å². The molecule has 2 aromatic carbocycles. The summed E-state index contributed by atoms with van der Waals surface area (Å²) in [5.41, 5.74) is 1.52. The number of hydrogen-bond donors (Lipinski definition) is 2. The predicted molar refractivity (Wildman–Crippen MR) is 107 cm³/mol. The Bertz CT molecular complexity index is 972. The van der Waals surface area contributed by atoms with E-state index in [9.17, 15) is 14.0 Å². The third-order valence-electron chi connectivity index (χ3n) is 3.89. The van der Waals surface area contributed by atoms with Crippen LogP contribution in [0.3, 0.4) is 0 Å². The number of thioether (sulfide) groups is 1. The Morgan fingerprint density at radius 3 is 2.61 bits per heavy atom. The van der Waals surface area contributed by atoms with Crippen molar-refractivity contribution in [2.75, 3.05) is 11.1 Å². The molecule has 0 atom stereocenters. The van der Waals surface area contributed by atoms with E-state index in [4.69, 9.17) is 0 Å². The van der Waals surface area contributed by atoms with Gasteiger partial charge in [-0.15, -0.1) is 5.10 Å². The maximum Gasteiger partial charge on any atom is 0.224 e. The molecule has 0 saturated carbocycles. The van der Waals surface area contributed by atoms with E-state index >= 15 is 0 Å². The van der Waals surface area contributed by atoms with Crippen LogP contribution in [0.25, 0.3) is 11.4 Å². The molecule has 0 fully saturated rings. The minimum Gasteiger partial charge on any atom is -0.326 e. The lowest BCUT2D eigenvalue weighted by molar-refractivity contribution is -0.116. The molecule has 0 bridgehead atoms. The summed E-state index contributed by atoms with van der Waals surface area (Å²) in [5.74, 6) is -0.0606. The van der Waals surface area contributed by atoms with Gasteiger partial charge in [0.05, 0.1) is 11.3 Å². The maximum absolute atomic E-state index is 13.8. The standard InChI is InChI=1S/C20H19FN4O2S/c1-2-5-18(27)22-14-10-8-13(9-11-14)17(26)12-28-20-23-19(24-25-20)15-6-3-4-7-16(15)21/h3-4,6-11H,2,5,12H2,1H3,(H,22,27)(H,23,24,25). The van der Waals surface area contributed by atoms with Crippen LogP contribution >= 0.6 is 11.8 Å². The summed E-state index contributed by atoms with van der Waals surface area (Å²) >= 11 is 1.17. The third-order valence-corrected chi connectivity index (χ3v) is 4.74. The summed E-state index contributed by atoms with van der Waals surface area (Å²) in [5, 5.41) is 9.86. The number of aromatic amines is 1. The van der Waals surface area contributed by atoms with Crippen molar-refractivity contribution < 1.29 is 14.0 Å². The molecular weight excluding hydrogens is 379 g/mol. The van der Waals surface area contributed by atoms with Gasteiger partial charge in [0.25, 0.3) is 0 Å². The topological polar surface area (TPSA) is 87.7 Å². The van der Waals surface area contributed by atoms with Crippen molar-refractivity contribution in [2.24, 2.45) is 0 Å². The van der Waals surface area contributed by atoms with E-state index in [2.05, 4.69) is 20.5 Å². The molecule has 0 radical (unpaired) electrons. The number of amides is 1. The van der Waals surface area contributed by atoms with Crippen LogP contribution in [-0.2, 0) is 4.79 Å². The summed E-state index contributed by atoms with van der Waals surface area (Å²) in [7, 11) is 0. The van der Waals surface area contributed by atoms with Crippen LogP contribution < -0.4 is 5.32 Å². The smallest absolute Gasteiger partial charge is 0.224 e. The summed E-state index contributed by atoms with van der Waals surface area (Å²) in [6.07, 6.45) is 1.24. The summed E-state index contributed by atoms with van der Waals surface area (Å²) < 4.78 is 13.8. The monoisotopic (exact) mass is 398 g/mol. The highest BCUT2D eigenvalue weighted by Crippen LogP contribution is 2.22. The second-order valence-corrected chi connectivity index (χ2v) is 6.98. The highest BCUT2D eigenvalue weighted by atomic mass is 32.2. The molecule has 0 aliphatic carbocycles. The van der Waals surface area contributed by atoms with Crippen LogP contribution in [0.15, 0.2) is 53.7 Å². The molecule has 0 aliphatic heterocycles. The predicted octanol–water partition coefficient (Wildman–Crippen LogP) is 4.32. The Kier molecular flexibility index (Phi) is 6.54. The van der Waals surface area contributed by atoms with Gasteiger partial charge in [0.1, 0.15) is 5.82 Å². The SMILES string of the molecule is CCCC(=O)Nc1ccc(C(=O)CSc2n[nH]c(-c3ccccc3F)n2)cc1. The van der Waals surface area contributed by atoms with Gasteiger partial charge in [0, 0.05) is 17.7 Å². The minimum atomic E-state index is -0.391. The Morgan fingerprint density at radius 1 is 1.14 bits per heavy atom. The molecule has 144 valence electrons. The van der Waals surface area contributed by atoms with Crippen LogP contribution in [0.5, 0.6) is 0 Å². The number of nitrogens with one attached hydrogen (secondary N) is 2. The van der Waals surface area contributed by atoms with E-state index in [-0.39, 0.29) is 17.4 Å². The molecule has 6 nitrogen and oxygen atoms in total. The molecule has 0 unspecified atom stereocenters. The molecule has 3 rings (SSSR count). The Morgan fingerprint density at radius 2 is 1.89 bits per heavy atom. The van der Waals surface area contributed by atoms with Gasteiger partial charge in [-0.3, -0.25) is 14.7 Å². The summed E-state index contributed by atoms with van der Waals surface area (Å²) in [6.45, 7) is 1.94. The average molecular weight is 398 g/mol. The van der Waals surface area contributed by atoms with Gasteiger partial charge in [-0.1, -0.05) is 30.8 Å². The lowest BCUT2D eigenvalue weighted by Gasteiger charge is -2.05. The summed E-state index contributed by atoms with van der Waals surface area (Å²) in [4.78, 5) is 28.2. The molecule has 0 spiro atoms. The number of halogens is 1.